The molecule has 2 aromatic carbocycles. The Bertz CT molecular complexity index is 1270. The number of amidine groups is 1. The second kappa shape index (κ2) is 8.24. The Hall–Kier alpha value is -3.87. The normalized spacial score (nSPS) is 11.7. The van der Waals surface area contributed by atoms with Gasteiger partial charge in [0.2, 0.25) is 0 Å². The third kappa shape index (κ3) is 3.82. The van der Waals surface area contributed by atoms with Gasteiger partial charge in [0.15, 0.2) is 0 Å². The molecule has 0 aliphatic rings. The fourth-order valence-corrected chi connectivity index (χ4v) is 3.53. The van der Waals surface area contributed by atoms with Crippen LogP contribution in [0.5, 0.6) is 0 Å². The van der Waals surface area contributed by atoms with Gasteiger partial charge in [-0.1, -0.05) is 30.3 Å². The van der Waals surface area contributed by atoms with Gasteiger partial charge in [0, 0.05) is 25.4 Å². The first-order valence-corrected chi connectivity index (χ1v) is 9.79. The molecule has 2 heterocycles. The number of nitrogens with zero attached hydrogens (tertiary/aromatic N) is 2. The lowest BCUT2D eigenvalue weighted by Gasteiger charge is -2.09. The van der Waals surface area contributed by atoms with Crippen LogP contribution in [-0.4, -0.2) is 34.4 Å². The highest BCUT2D eigenvalue weighted by Gasteiger charge is 2.16. The van der Waals surface area contributed by atoms with E-state index in [9.17, 15) is 4.79 Å². The third-order valence-electron chi connectivity index (χ3n) is 5.08. The fourth-order valence-electron chi connectivity index (χ4n) is 3.53. The number of aryl methyl sites for hydroxylation is 1. The van der Waals surface area contributed by atoms with Gasteiger partial charge in [0.1, 0.15) is 17.2 Å². The van der Waals surface area contributed by atoms with Crippen LogP contribution in [0.2, 0.25) is 0 Å². The van der Waals surface area contributed by atoms with Gasteiger partial charge in [-0.2, -0.15) is 0 Å². The van der Waals surface area contributed by atoms with Crippen molar-refractivity contribution in [3.05, 3.63) is 81.8 Å². The summed E-state index contributed by atoms with van der Waals surface area (Å²) in [6, 6.07) is 15.9. The topological polar surface area (TPSA) is 112 Å². The highest BCUT2D eigenvalue weighted by atomic mass is 16.1. The quantitative estimate of drug-likeness (QED) is 0.294. The molecular weight excluding hydrogens is 376 g/mol. The van der Waals surface area contributed by atoms with Gasteiger partial charge in [0.05, 0.1) is 16.7 Å². The van der Waals surface area contributed by atoms with Gasteiger partial charge in [0.25, 0.3) is 5.56 Å². The van der Waals surface area contributed by atoms with Crippen molar-refractivity contribution in [3.63, 3.8) is 0 Å². The lowest BCUT2D eigenvalue weighted by molar-refractivity contribution is 1.02. The second-order valence-electron chi connectivity index (χ2n) is 7.14. The third-order valence-corrected chi connectivity index (χ3v) is 5.08. The molecule has 30 heavy (non-hydrogen) atoms. The van der Waals surface area contributed by atoms with E-state index in [4.69, 9.17) is 10.7 Å². The molecule has 0 saturated carbocycles. The minimum Gasteiger partial charge on any atom is -0.384 e. The summed E-state index contributed by atoms with van der Waals surface area (Å²) in [6.07, 6.45) is 2.49. The Morgan fingerprint density at radius 2 is 2.00 bits per heavy atom. The Morgan fingerprint density at radius 3 is 2.77 bits per heavy atom. The highest BCUT2D eigenvalue weighted by Crippen LogP contribution is 2.26. The molecule has 0 fully saturated rings. The maximum atomic E-state index is 12.7. The Morgan fingerprint density at radius 1 is 1.20 bits per heavy atom. The number of hydrogen-bond donors (Lipinski definition) is 4. The molecule has 0 aliphatic carbocycles. The van der Waals surface area contributed by atoms with Crippen molar-refractivity contribution in [1.82, 2.24) is 15.0 Å². The van der Waals surface area contributed by atoms with E-state index >= 15 is 0 Å². The van der Waals surface area contributed by atoms with Crippen LogP contribution in [0.25, 0.3) is 22.4 Å². The Balaban J connectivity index is 1.69. The predicted octanol–water partition coefficient (Wildman–Crippen LogP) is 3.22. The summed E-state index contributed by atoms with van der Waals surface area (Å²) in [5, 5.41) is 3.38. The molecule has 0 amide bonds. The molecule has 0 bridgehead atoms. The second-order valence-corrected chi connectivity index (χ2v) is 7.14. The van der Waals surface area contributed by atoms with Crippen molar-refractivity contribution >= 4 is 22.6 Å². The van der Waals surface area contributed by atoms with Gasteiger partial charge in [-0.15, -0.1) is 0 Å². The average Bonchev–Trinajstić information content (AvgIpc) is 3.18. The molecule has 0 unspecified atom stereocenters. The fraction of sp³-hybridized carbons (Fsp3) is 0.174. The molecule has 0 radical (unpaired) electrons. The van der Waals surface area contributed by atoms with E-state index in [0.717, 1.165) is 34.3 Å². The van der Waals surface area contributed by atoms with Gasteiger partial charge in [-0.05, 0) is 42.7 Å². The van der Waals surface area contributed by atoms with Crippen LogP contribution in [0, 0.1) is 6.92 Å². The Kier molecular flexibility index (Phi) is 5.34. The number of nitrogens with one attached hydrogen (secondary N) is 3. The first-order valence-electron chi connectivity index (χ1n) is 9.79. The molecule has 7 nitrogen and oxygen atoms in total. The van der Waals surface area contributed by atoms with Gasteiger partial charge >= 0.3 is 0 Å². The molecule has 0 spiro atoms. The van der Waals surface area contributed by atoms with Crippen molar-refractivity contribution in [2.45, 2.75) is 13.3 Å². The van der Waals surface area contributed by atoms with E-state index in [2.05, 4.69) is 32.4 Å². The van der Waals surface area contributed by atoms with E-state index in [-0.39, 0.29) is 5.56 Å². The molecule has 4 aromatic rings. The largest absolute Gasteiger partial charge is 0.384 e. The zero-order chi connectivity index (χ0) is 21.1. The van der Waals surface area contributed by atoms with E-state index < -0.39 is 0 Å². The SMILES string of the molecule is CN=C(N)c1cc(C)c2nc(-c3c(NCCc4ccccc4)cc[nH]c3=O)[nH]c2c1. The number of H-pyrrole nitrogens is 2. The van der Waals surface area contributed by atoms with Crippen molar-refractivity contribution in [3.8, 4) is 11.4 Å². The summed E-state index contributed by atoms with van der Waals surface area (Å²) < 4.78 is 0. The van der Waals surface area contributed by atoms with Crippen LogP contribution >= 0.6 is 0 Å². The molecule has 4 rings (SSSR count). The molecule has 7 heteroatoms. The van der Waals surface area contributed by atoms with Crippen LogP contribution in [0.15, 0.2) is 64.5 Å². The van der Waals surface area contributed by atoms with E-state index in [1.807, 2.05) is 43.3 Å². The highest BCUT2D eigenvalue weighted by molar-refractivity contribution is 6.01. The smallest absolute Gasteiger partial charge is 0.261 e. The summed E-state index contributed by atoms with van der Waals surface area (Å²) in [4.78, 5) is 27.4. The van der Waals surface area contributed by atoms with E-state index in [1.54, 1.807) is 13.2 Å². The predicted molar refractivity (Wildman–Crippen MR) is 122 cm³/mol. The Labute approximate surface area is 174 Å². The van der Waals surface area contributed by atoms with Crippen molar-refractivity contribution in [2.75, 3.05) is 18.9 Å². The number of aliphatic imine (C=N–C) groups is 1. The van der Waals surface area contributed by atoms with Gasteiger partial charge < -0.3 is 21.0 Å². The number of rotatable bonds is 6. The summed E-state index contributed by atoms with van der Waals surface area (Å²) in [5.74, 6) is 0.971. The van der Waals surface area contributed by atoms with E-state index in [1.165, 1.54) is 5.56 Å². The lowest BCUT2D eigenvalue weighted by Crippen LogP contribution is -2.14. The minimum atomic E-state index is -0.203. The van der Waals surface area contributed by atoms with Crippen LogP contribution in [0.3, 0.4) is 0 Å². The van der Waals surface area contributed by atoms with Crippen molar-refractivity contribution in [2.24, 2.45) is 10.7 Å². The van der Waals surface area contributed by atoms with Crippen LogP contribution < -0.4 is 16.6 Å². The molecular formula is C23H24N6O. The molecule has 0 saturated heterocycles. The zero-order valence-corrected chi connectivity index (χ0v) is 17.0. The molecule has 2 aromatic heterocycles. The standard InChI is InChI=1S/C23H24N6O/c1-14-12-16(21(24)25-2)13-18-20(14)29-22(28-18)19-17(9-11-27-23(19)30)26-10-8-15-6-4-3-5-7-15/h3-7,9,11-13H,8,10H2,1-2H3,(H2,24,25)(H,28,29)(H2,26,27,30). The average molecular weight is 400 g/mol. The van der Waals surface area contributed by atoms with Crippen LogP contribution in [0.1, 0.15) is 16.7 Å². The summed E-state index contributed by atoms with van der Waals surface area (Å²) in [7, 11) is 1.66. The number of nitrogens with two attached hydrogens (primary N) is 1. The number of hydrogen-bond acceptors (Lipinski definition) is 4. The zero-order valence-electron chi connectivity index (χ0n) is 17.0. The molecule has 0 atom stereocenters. The number of benzene rings is 2. The molecule has 5 N–H and O–H groups in total. The first kappa shape index (κ1) is 19.4. The molecule has 152 valence electrons. The summed E-state index contributed by atoms with van der Waals surface area (Å²) in [6.45, 7) is 2.67. The van der Waals surface area contributed by atoms with Gasteiger partial charge in [-0.25, -0.2) is 4.98 Å². The summed E-state index contributed by atoms with van der Waals surface area (Å²) >= 11 is 0. The number of anilines is 1. The first-order chi connectivity index (χ1) is 14.6. The number of fused-ring (bicyclic) bond motifs is 1. The maximum Gasteiger partial charge on any atom is 0.261 e. The maximum absolute atomic E-state index is 12.7. The van der Waals surface area contributed by atoms with Gasteiger partial charge in [-0.3, -0.25) is 9.79 Å². The van der Waals surface area contributed by atoms with Crippen LogP contribution in [-0.2, 0) is 6.42 Å². The van der Waals surface area contributed by atoms with Crippen molar-refractivity contribution < 1.29 is 0 Å². The molecule has 0 aliphatic heterocycles. The van der Waals surface area contributed by atoms with E-state index in [0.29, 0.717) is 23.8 Å². The number of aromatic amines is 2. The van der Waals surface area contributed by atoms with Crippen molar-refractivity contribution in [1.29, 1.82) is 0 Å². The number of pyridine rings is 1. The number of imidazole rings is 1. The summed E-state index contributed by atoms with van der Waals surface area (Å²) in [5.41, 5.74) is 11.6. The number of aromatic nitrogens is 3. The monoisotopic (exact) mass is 400 g/mol. The lowest BCUT2D eigenvalue weighted by atomic mass is 10.1. The minimum absolute atomic E-state index is 0.203. The van der Waals surface area contributed by atoms with Crippen LogP contribution in [0.4, 0.5) is 5.69 Å².